The standard InChI is InChI=1S/C17H23N7O/c1-14-13-15(22-9-11-25-12-10-22)16(21-20-14)23-5-7-24(8-6-23)17-18-3-2-4-19-17/h2-4,13H,5-12H2,1H3. The number of anilines is 3. The summed E-state index contributed by atoms with van der Waals surface area (Å²) in [6, 6.07) is 3.98. The van der Waals surface area contributed by atoms with Gasteiger partial charge in [-0.3, -0.25) is 0 Å². The van der Waals surface area contributed by atoms with Crippen LogP contribution in [0.1, 0.15) is 5.69 Å². The van der Waals surface area contributed by atoms with Crippen LogP contribution < -0.4 is 14.7 Å². The van der Waals surface area contributed by atoms with Crippen LogP contribution in [0.3, 0.4) is 0 Å². The van der Waals surface area contributed by atoms with Crippen LogP contribution in [0.5, 0.6) is 0 Å². The first-order valence-corrected chi connectivity index (χ1v) is 8.75. The predicted octanol–water partition coefficient (Wildman–Crippen LogP) is 0.738. The minimum atomic E-state index is 0.764. The molecular formula is C17H23N7O. The average Bonchev–Trinajstić information content (AvgIpc) is 2.69. The van der Waals surface area contributed by atoms with Gasteiger partial charge in [-0.25, -0.2) is 9.97 Å². The van der Waals surface area contributed by atoms with Crippen molar-refractivity contribution in [3.8, 4) is 0 Å². The van der Waals surface area contributed by atoms with Gasteiger partial charge in [-0.15, -0.1) is 5.10 Å². The van der Waals surface area contributed by atoms with E-state index in [1.165, 1.54) is 5.69 Å². The zero-order valence-corrected chi connectivity index (χ0v) is 14.5. The third-order valence-corrected chi connectivity index (χ3v) is 4.64. The van der Waals surface area contributed by atoms with E-state index < -0.39 is 0 Å². The predicted molar refractivity (Wildman–Crippen MR) is 96.3 cm³/mol. The second-order valence-electron chi connectivity index (χ2n) is 6.32. The fourth-order valence-corrected chi connectivity index (χ4v) is 3.30. The molecular weight excluding hydrogens is 318 g/mol. The molecule has 0 aliphatic carbocycles. The molecule has 0 bridgehead atoms. The molecule has 2 aromatic rings. The maximum Gasteiger partial charge on any atom is 0.225 e. The first-order valence-electron chi connectivity index (χ1n) is 8.75. The second-order valence-corrected chi connectivity index (χ2v) is 6.32. The van der Waals surface area contributed by atoms with E-state index in [4.69, 9.17) is 4.74 Å². The summed E-state index contributed by atoms with van der Waals surface area (Å²) in [5, 5.41) is 8.82. The molecule has 4 rings (SSSR count). The summed E-state index contributed by atoms with van der Waals surface area (Å²) in [5.74, 6) is 1.77. The fourth-order valence-electron chi connectivity index (χ4n) is 3.30. The zero-order chi connectivity index (χ0) is 17.1. The van der Waals surface area contributed by atoms with Crippen LogP contribution in [0.15, 0.2) is 24.5 Å². The molecule has 0 aromatic carbocycles. The highest BCUT2D eigenvalue weighted by Crippen LogP contribution is 2.29. The van der Waals surface area contributed by atoms with Crippen molar-refractivity contribution < 1.29 is 4.74 Å². The molecule has 132 valence electrons. The molecule has 0 unspecified atom stereocenters. The molecule has 2 saturated heterocycles. The molecule has 0 radical (unpaired) electrons. The Hall–Kier alpha value is -2.48. The van der Waals surface area contributed by atoms with E-state index in [-0.39, 0.29) is 0 Å². The lowest BCUT2D eigenvalue weighted by Crippen LogP contribution is -2.48. The van der Waals surface area contributed by atoms with Crippen molar-refractivity contribution in [3.05, 3.63) is 30.2 Å². The Morgan fingerprint density at radius 1 is 0.840 bits per heavy atom. The first-order chi connectivity index (χ1) is 12.3. The van der Waals surface area contributed by atoms with Crippen molar-refractivity contribution >= 4 is 17.5 Å². The summed E-state index contributed by atoms with van der Waals surface area (Å²) >= 11 is 0. The van der Waals surface area contributed by atoms with Crippen molar-refractivity contribution in [1.29, 1.82) is 0 Å². The summed E-state index contributed by atoms with van der Waals surface area (Å²) < 4.78 is 5.49. The van der Waals surface area contributed by atoms with Gasteiger partial charge in [-0.1, -0.05) is 0 Å². The summed E-state index contributed by atoms with van der Waals surface area (Å²) in [5.41, 5.74) is 2.11. The van der Waals surface area contributed by atoms with E-state index >= 15 is 0 Å². The molecule has 25 heavy (non-hydrogen) atoms. The van der Waals surface area contributed by atoms with Crippen LogP contribution in [0.4, 0.5) is 17.5 Å². The van der Waals surface area contributed by atoms with Crippen LogP contribution in [0, 0.1) is 6.92 Å². The Morgan fingerprint density at radius 2 is 1.52 bits per heavy atom. The van der Waals surface area contributed by atoms with Crippen LogP contribution >= 0.6 is 0 Å². The Labute approximate surface area is 147 Å². The quantitative estimate of drug-likeness (QED) is 0.810. The number of hydrogen-bond donors (Lipinski definition) is 0. The van der Waals surface area contributed by atoms with Crippen molar-refractivity contribution in [2.45, 2.75) is 6.92 Å². The molecule has 2 aliphatic heterocycles. The Morgan fingerprint density at radius 3 is 2.24 bits per heavy atom. The first kappa shape index (κ1) is 16.0. The number of nitrogens with zero attached hydrogens (tertiary/aromatic N) is 7. The Bertz CT molecular complexity index is 697. The van der Waals surface area contributed by atoms with Crippen LogP contribution in [-0.2, 0) is 4.74 Å². The number of rotatable bonds is 3. The Kier molecular flexibility index (Phi) is 4.60. The molecule has 4 heterocycles. The van der Waals surface area contributed by atoms with Crippen molar-refractivity contribution in [2.75, 3.05) is 67.2 Å². The van der Waals surface area contributed by atoms with Gasteiger partial charge in [0.2, 0.25) is 5.95 Å². The van der Waals surface area contributed by atoms with Gasteiger partial charge in [0.05, 0.1) is 24.6 Å². The number of aromatic nitrogens is 4. The van der Waals surface area contributed by atoms with E-state index in [9.17, 15) is 0 Å². The summed E-state index contributed by atoms with van der Waals surface area (Å²) in [7, 11) is 0. The fraction of sp³-hybridized carbons (Fsp3) is 0.529. The largest absolute Gasteiger partial charge is 0.378 e. The van der Waals surface area contributed by atoms with Gasteiger partial charge < -0.3 is 19.4 Å². The molecule has 2 aromatic heterocycles. The van der Waals surface area contributed by atoms with Gasteiger partial charge in [0.1, 0.15) is 0 Å². The van der Waals surface area contributed by atoms with Gasteiger partial charge >= 0.3 is 0 Å². The molecule has 0 atom stereocenters. The van der Waals surface area contributed by atoms with Crippen LogP contribution in [0.25, 0.3) is 0 Å². The van der Waals surface area contributed by atoms with Gasteiger partial charge in [0.25, 0.3) is 0 Å². The summed E-state index contributed by atoms with van der Waals surface area (Å²) in [6.45, 7) is 8.84. The lowest BCUT2D eigenvalue weighted by Gasteiger charge is -2.38. The molecule has 0 N–H and O–H groups in total. The molecule has 8 nitrogen and oxygen atoms in total. The number of hydrogen-bond acceptors (Lipinski definition) is 8. The topological polar surface area (TPSA) is 70.5 Å². The van der Waals surface area contributed by atoms with Gasteiger partial charge in [-0.05, 0) is 19.1 Å². The Balaban J connectivity index is 1.51. The zero-order valence-electron chi connectivity index (χ0n) is 14.5. The monoisotopic (exact) mass is 341 g/mol. The van der Waals surface area contributed by atoms with Crippen molar-refractivity contribution in [2.24, 2.45) is 0 Å². The molecule has 0 amide bonds. The highest BCUT2D eigenvalue weighted by molar-refractivity contribution is 5.67. The van der Waals surface area contributed by atoms with Crippen molar-refractivity contribution in [1.82, 2.24) is 20.2 Å². The van der Waals surface area contributed by atoms with E-state index in [2.05, 4.69) is 40.9 Å². The summed E-state index contributed by atoms with van der Waals surface area (Å²) in [6.07, 6.45) is 3.58. The minimum absolute atomic E-state index is 0.764. The van der Waals surface area contributed by atoms with Crippen LogP contribution in [-0.4, -0.2) is 72.6 Å². The van der Waals surface area contributed by atoms with E-state index in [0.717, 1.165) is 69.9 Å². The normalized spacial score (nSPS) is 18.5. The minimum Gasteiger partial charge on any atom is -0.378 e. The van der Waals surface area contributed by atoms with Gasteiger partial charge in [-0.2, -0.15) is 5.10 Å². The number of aryl methyl sites for hydroxylation is 1. The maximum absolute atomic E-state index is 5.49. The van der Waals surface area contributed by atoms with E-state index in [1.54, 1.807) is 12.4 Å². The second kappa shape index (κ2) is 7.18. The molecule has 0 spiro atoms. The number of piperazine rings is 1. The average molecular weight is 341 g/mol. The van der Waals surface area contributed by atoms with Gasteiger partial charge in [0, 0.05) is 51.7 Å². The third-order valence-electron chi connectivity index (χ3n) is 4.64. The molecule has 8 heteroatoms. The summed E-state index contributed by atoms with van der Waals surface area (Å²) in [4.78, 5) is 15.6. The van der Waals surface area contributed by atoms with Crippen molar-refractivity contribution in [3.63, 3.8) is 0 Å². The number of morpholine rings is 1. The SMILES string of the molecule is Cc1cc(N2CCOCC2)c(N2CCN(c3ncccn3)CC2)nn1. The lowest BCUT2D eigenvalue weighted by molar-refractivity contribution is 0.122. The molecule has 0 saturated carbocycles. The molecule has 2 aliphatic rings. The van der Waals surface area contributed by atoms with Gasteiger partial charge in [0.15, 0.2) is 5.82 Å². The third kappa shape index (κ3) is 3.48. The van der Waals surface area contributed by atoms with E-state index in [1.807, 2.05) is 13.0 Å². The van der Waals surface area contributed by atoms with Crippen LogP contribution in [0.2, 0.25) is 0 Å². The highest BCUT2D eigenvalue weighted by Gasteiger charge is 2.25. The molecule has 2 fully saturated rings. The number of ether oxygens (including phenoxy) is 1. The smallest absolute Gasteiger partial charge is 0.225 e. The highest BCUT2D eigenvalue weighted by atomic mass is 16.5. The lowest BCUT2D eigenvalue weighted by atomic mass is 10.2. The van der Waals surface area contributed by atoms with E-state index in [0.29, 0.717) is 0 Å². The maximum atomic E-state index is 5.49.